The number of ether oxygens (including phenoxy) is 2. The van der Waals surface area contributed by atoms with Crippen LogP contribution >= 0.6 is 0 Å². The lowest BCUT2D eigenvalue weighted by Crippen LogP contribution is -2.35. The zero-order chi connectivity index (χ0) is 20.8. The number of fused-ring (bicyclic) bond motifs is 4. The number of aromatic nitrogens is 1. The maximum atomic E-state index is 10.2. The number of aromatic hydroxyl groups is 1. The van der Waals surface area contributed by atoms with E-state index in [9.17, 15) is 5.11 Å². The van der Waals surface area contributed by atoms with Crippen LogP contribution in [0.4, 0.5) is 0 Å². The van der Waals surface area contributed by atoms with E-state index >= 15 is 0 Å². The van der Waals surface area contributed by atoms with Crippen LogP contribution in [0.25, 0.3) is 10.9 Å². The number of benzene rings is 3. The summed E-state index contributed by atoms with van der Waals surface area (Å²) in [6, 6.07) is 22.4. The Morgan fingerprint density at radius 2 is 1.81 bits per heavy atom. The van der Waals surface area contributed by atoms with Gasteiger partial charge in [0.05, 0.1) is 6.04 Å². The topological polar surface area (TPSA) is 57.7 Å². The number of aromatic amines is 1. The third-order valence-corrected chi connectivity index (χ3v) is 6.31. The lowest BCUT2D eigenvalue weighted by atomic mass is 9.91. The fourth-order valence-corrected chi connectivity index (χ4v) is 4.95. The molecule has 2 N–H and O–H groups in total. The molecule has 5 nitrogen and oxygen atoms in total. The van der Waals surface area contributed by atoms with Gasteiger partial charge in [-0.1, -0.05) is 36.4 Å². The van der Waals surface area contributed by atoms with Crippen LogP contribution in [-0.2, 0) is 13.0 Å². The minimum Gasteiger partial charge on any atom is -0.508 e. The number of nitrogens with zero attached hydrogens (tertiary/aromatic N) is 1. The van der Waals surface area contributed by atoms with Gasteiger partial charge >= 0.3 is 0 Å². The molecule has 2 aliphatic rings. The maximum Gasteiger partial charge on any atom is 0.161 e. The van der Waals surface area contributed by atoms with E-state index in [1.165, 1.54) is 27.7 Å². The van der Waals surface area contributed by atoms with Gasteiger partial charge in [-0.15, -0.1) is 0 Å². The first kappa shape index (κ1) is 18.3. The molecule has 0 unspecified atom stereocenters. The molecular formula is C26H24N2O3. The molecule has 6 rings (SSSR count). The molecule has 1 atom stereocenters. The highest BCUT2D eigenvalue weighted by molar-refractivity contribution is 5.85. The van der Waals surface area contributed by atoms with Crippen molar-refractivity contribution in [1.29, 1.82) is 0 Å². The van der Waals surface area contributed by atoms with Crippen LogP contribution < -0.4 is 9.47 Å². The van der Waals surface area contributed by atoms with Gasteiger partial charge in [0.15, 0.2) is 11.5 Å². The zero-order valence-electron chi connectivity index (χ0n) is 17.2. The Balaban J connectivity index is 1.42. The predicted octanol–water partition coefficient (Wildman–Crippen LogP) is 4.79. The molecule has 1 aromatic heterocycles. The van der Waals surface area contributed by atoms with Gasteiger partial charge in [-0.3, -0.25) is 4.90 Å². The van der Waals surface area contributed by atoms with Crippen molar-refractivity contribution in [2.45, 2.75) is 19.0 Å². The van der Waals surface area contributed by atoms with E-state index in [2.05, 4.69) is 52.3 Å². The molecule has 4 aromatic rings. The quantitative estimate of drug-likeness (QED) is 0.508. The van der Waals surface area contributed by atoms with E-state index in [4.69, 9.17) is 9.47 Å². The first-order chi connectivity index (χ1) is 15.3. The minimum atomic E-state index is 0.0384. The van der Waals surface area contributed by atoms with E-state index in [0.29, 0.717) is 19.0 Å². The van der Waals surface area contributed by atoms with Crippen LogP contribution in [0.3, 0.4) is 0 Å². The number of H-pyrrole nitrogens is 1. The summed E-state index contributed by atoms with van der Waals surface area (Å²) < 4.78 is 11.5. The summed E-state index contributed by atoms with van der Waals surface area (Å²) in [6.07, 6.45) is 0.985. The Morgan fingerprint density at radius 3 is 2.71 bits per heavy atom. The smallest absolute Gasteiger partial charge is 0.161 e. The lowest BCUT2D eigenvalue weighted by Gasteiger charge is -2.36. The summed E-state index contributed by atoms with van der Waals surface area (Å²) >= 11 is 0. The highest BCUT2D eigenvalue weighted by Crippen LogP contribution is 2.40. The highest BCUT2D eigenvalue weighted by atomic mass is 16.6. The van der Waals surface area contributed by atoms with Crippen molar-refractivity contribution in [3.05, 3.63) is 89.1 Å². The van der Waals surface area contributed by atoms with E-state index in [0.717, 1.165) is 36.6 Å². The van der Waals surface area contributed by atoms with Gasteiger partial charge in [0, 0.05) is 29.7 Å². The number of rotatable bonds is 3. The molecule has 0 saturated carbocycles. The standard InChI is InChI=1S/C26H24N2O3/c29-19-5-3-4-18(15-19)26-25-21(20-6-1-2-7-22(20)27-25)10-11-28(26)16-17-8-9-23-24(14-17)31-13-12-30-23/h1-9,14-15,26-27,29H,10-13,16H2/t26-/m1/s1. The van der Waals surface area contributed by atoms with Gasteiger partial charge < -0.3 is 19.6 Å². The Hall–Kier alpha value is -3.44. The number of hydrogen-bond donors (Lipinski definition) is 2. The summed E-state index contributed by atoms with van der Waals surface area (Å²) in [5.74, 6) is 1.93. The first-order valence-corrected chi connectivity index (χ1v) is 10.8. The van der Waals surface area contributed by atoms with Gasteiger partial charge in [-0.25, -0.2) is 0 Å². The molecule has 0 radical (unpaired) electrons. The summed E-state index contributed by atoms with van der Waals surface area (Å²) in [6.45, 7) is 2.90. The van der Waals surface area contributed by atoms with Gasteiger partial charge in [0.25, 0.3) is 0 Å². The largest absolute Gasteiger partial charge is 0.508 e. The van der Waals surface area contributed by atoms with Gasteiger partial charge in [-0.2, -0.15) is 0 Å². The third-order valence-electron chi connectivity index (χ3n) is 6.31. The second-order valence-corrected chi connectivity index (χ2v) is 8.26. The van der Waals surface area contributed by atoms with E-state index < -0.39 is 0 Å². The third kappa shape index (κ3) is 3.22. The molecule has 0 spiro atoms. The molecule has 0 bridgehead atoms. The Kier molecular flexibility index (Phi) is 4.35. The normalized spacial score (nSPS) is 18.1. The molecule has 31 heavy (non-hydrogen) atoms. The Labute approximate surface area is 180 Å². The summed E-state index contributed by atoms with van der Waals surface area (Å²) in [4.78, 5) is 6.15. The number of phenols is 1. The average Bonchev–Trinajstić information content (AvgIpc) is 3.17. The fraction of sp³-hybridized carbons (Fsp3) is 0.231. The molecule has 156 valence electrons. The second kappa shape index (κ2) is 7.36. The second-order valence-electron chi connectivity index (χ2n) is 8.26. The average molecular weight is 412 g/mol. The highest BCUT2D eigenvalue weighted by Gasteiger charge is 2.32. The first-order valence-electron chi connectivity index (χ1n) is 10.8. The summed E-state index contributed by atoms with van der Waals surface area (Å²) in [5, 5.41) is 11.5. The van der Waals surface area contributed by atoms with Crippen LogP contribution in [0.2, 0.25) is 0 Å². The summed E-state index contributed by atoms with van der Waals surface area (Å²) in [7, 11) is 0. The molecule has 3 aromatic carbocycles. The predicted molar refractivity (Wildman–Crippen MR) is 120 cm³/mol. The van der Waals surface area contributed by atoms with Gasteiger partial charge in [0.2, 0.25) is 0 Å². The van der Waals surface area contributed by atoms with Crippen LogP contribution in [0.5, 0.6) is 17.2 Å². The van der Waals surface area contributed by atoms with Crippen LogP contribution in [-0.4, -0.2) is 34.7 Å². The maximum absolute atomic E-state index is 10.2. The van der Waals surface area contributed by atoms with Crippen molar-refractivity contribution < 1.29 is 14.6 Å². The van der Waals surface area contributed by atoms with Crippen molar-refractivity contribution >= 4 is 10.9 Å². The number of hydrogen-bond acceptors (Lipinski definition) is 4. The molecule has 0 fully saturated rings. The monoisotopic (exact) mass is 412 g/mol. The van der Waals surface area contributed by atoms with E-state index in [1.54, 1.807) is 6.07 Å². The van der Waals surface area contributed by atoms with E-state index in [-0.39, 0.29) is 6.04 Å². The van der Waals surface area contributed by atoms with Gasteiger partial charge in [-0.05, 0) is 53.4 Å². The molecular weight excluding hydrogens is 388 g/mol. The van der Waals surface area contributed by atoms with Crippen molar-refractivity contribution in [3.8, 4) is 17.2 Å². The molecule has 5 heteroatoms. The molecule has 2 aliphatic heterocycles. The van der Waals surface area contributed by atoms with Crippen molar-refractivity contribution in [2.75, 3.05) is 19.8 Å². The van der Waals surface area contributed by atoms with Crippen LogP contribution in [0, 0.1) is 0 Å². The molecule has 0 aliphatic carbocycles. The summed E-state index contributed by atoms with van der Waals surface area (Å²) in [5.41, 5.74) is 6.04. The molecule has 3 heterocycles. The van der Waals surface area contributed by atoms with Crippen molar-refractivity contribution in [3.63, 3.8) is 0 Å². The van der Waals surface area contributed by atoms with Gasteiger partial charge in [0.1, 0.15) is 19.0 Å². The SMILES string of the molecule is Oc1cccc([C@@H]2c3[nH]c4ccccc4c3CCN2Cc2ccc3c(c2)OCCO3)c1. The van der Waals surface area contributed by atoms with Crippen molar-refractivity contribution in [2.24, 2.45) is 0 Å². The Morgan fingerprint density at radius 1 is 0.935 bits per heavy atom. The van der Waals surface area contributed by atoms with Crippen LogP contribution in [0.1, 0.15) is 28.4 Å². The molecule has 0 saturated heterocycles. The Bertz CT molecular complexity index is 1260. The molecule has 0 amide bonds. The number of para-hydroxylation sites is 1. The zero-order valence-corrected chi connectivity index (χ0v) is 17.2. The van der Waals surface area contributed by atoms with E-state index in [1.807, 2.05) is 18.2 Å². The fourth-order valence-electron chi connectivity index (χ4n) is 4.95. The minimum absolute atomic E-state index is 0.0384. The van der Waals surface area contributed by atoms with Crippen LogP contribution in [0.15, 0.2) is 66.7 Å². The van der Waals surface area contributed by atoms with Crippen molar-refractivity contribution in [1.82, 2.24) is 9.88 Å². The number of nitrogens with one attached hydrogen (secondary N) is 1. The lowest BCUT2D eigenvalue weighted by molar-refractivity contribution is 0.170. The number of phenolic OH excluding ortho intramolecular Hbond substituents is 1.